The van der Waals surface area contributed by atoms with Gasteiger partial charge in [0.25, 0.3) is 0 Å². The number of hydrogen-bond donors (Lipinski definition) is 2. The van der Waals surface area contributed by atoms with E-state index in [1.807, 2.05) is 6.07 Å². The van der Waals surface area contributed by atoms with E-state index < -0.39 is 0 Å². The normalized spacial score (nSPS) is 20.8. The summed E-state index contributed by atoms with van der Waals surface area (Å²) in [6.45, 7) is 1.40. The van der Waals surface area contributed by atoms with Gasteiger partial charge in [-0.15, -0.1) is 0 Å². The van der Waals surface area contributed by atoms with Gasteiger partial charge in [0.05, 0.1) is 6.61 Å². The number of benzene rings is 1. The number of phenolic OH excluding ortho intramolecular Hbond substituents is 1. The van der Waals surface area contributed by atoms with E-state index in [0.717, 1.165) is 30.8 Å². The zero-order valence-electron chi connectivity index (χ0n) is 8.07. The first kappa shape index (κ1) is 9.34. The van der Waals surface area contributed by atoms with Crippen LogP contribution < -0.4 is 10.5 Å². The van der Waals surface area contributed by atoms with Crippen molar-refractivity contribution < 1.29 is 9.84 Å². The minimum atomic E-state index is 0.296. The molecule has 0 radical (unpaired) electrons. The SMILES string of the molecule is NCC1CCOc2ccc(O)cc2C1. The minimum Gasteiger partial charge on any atom is -0.508 e. The summed E-state index contributed by atoms with van der Waals surface area (Å²) >= 11 is 0. The Labute approximate surface area is 83.5 Å². The van der Waals surface area contributed by atoms with E-state index >= 15 is 0 Å². The van der Waals surface area contributed by atoms with Crippen LogP contribution in [0.25, 0.3) is 0 Å². The maximum atomic E-state index is 9.35. The maximum absolute atomic E-state index is 9.35. The molecule has 3 N–H and O–H groups in total. The van der Waals surface area contributed by atoms with Gasteiger partial charge >= 0.3 is 0 Å². The van der Waals surface area contributed by atoms with Crippen molar-refractivity contribution in [1.29, 1.82) is 0 Å². The van der Waals surface area contributed by atoms with Crippen LogP contribution in [0.3, 0.4) is 0 Å². The smallest absolute Gasteiger partial charge is 0.122 e. The van der Waals surface area contributed by atoms with Crippen LogP contribution in [-0.2, 0) is 6.42 Å². The first-order valence-electron chi connectivity index (χ1n) is 4.94. The molecule has 0 aliphatic carbocycles. The summed E-state index contributed by atoms with van der Waals surface area (Å²) in [5.41, 5.74) is 6.72. The highest BCUT2D eigenvalue weighted by Crippen LogP contribution is 2.29. The Hall–Kier alpha value is -1.22. The highest BCUT2D eigenvalue weighted by atomic mass is 16.5. The summed E-state index contributed by atoms with van der Waals surface area (Å²) in [4.78, 5) is 0. The Morgan fingerprint density at radius 3 is 3.14 bits per heavy atom. The van der Waals surface area contributed by atoms with Crippen LogP contribution in [0.4, 0.5) is 0 Å². The van der Waals surface area contributed by atoms with Crippen molar-refractivity contribution >= 4 is 0 Å². The van der Waals surface area contributed by atoms with E-state index in [9.17, 15) is 5.11 Å². The van der Waals surface area contributed by atoms with E-state index in [4.69, 9.17) is 10.5 Å². The second kappa shape index (κ2) is 3.88. The van der Waals surface area contributed by atoms with Crippen molar-refractivity contribution in [2.75, 3.05) is 13.2 Å². The lowest BCUT2D eigenvalue weighted by Gasteiger charge is -2.09. The molecule has 1 aromatic carbocycles. The quantitative estimate of drug-likeness (QED) is 0.706. The standard InChI is InChI=1S/C11H15NO2/c12-7-8-3-4-14-11-2-1-10(13)6-9(11)5-8/h1-2,6,8,13H,3-5,7,12H2. The predicted octanol–water partition coefficient (Wildman–Crippen LogP) is 1.29. The Bertz CT molecular complexity index is 325. The summed E-state index contributed by atoms with van der Waals surface area (Å²) in [5.74, 6) is 1.65. The van der Waals surface area contributed by atoms with Gasteiger partial charge in [0.1, 0.15) is 11.5 Å². The van der Waals surface area contributed by atoms with E-state index in [-0.39, 0.29) is 0 Å². The fourth-order valence-electron chi connectivity index (χ4n) is 1.82. The van der Waals surface area contributed by atoms with Crippen molar-refractivity contribution in [2.24, 2.45) is 11.7 Å². The van der Waals surface area contributed by atoms with Crippen molar-refractivity contribution in [3.8, 4) is 11.5 Å². The molecule has 1 atom stereocenters. The number of hydrogen-bond acceptors (Lipinski definition) is 3. The molecule has 0 saturated heterocycles. The first-order chi connectivity index (χ1) is 6.79. The fourth-order valence-corrected chi connectivity index (χ4v) is 1.82. The third-order valence-corrected chi connectivity index (χ3v) is 2.67. The molecule has 1 heterocycles. The number of aromatic hydroxyl groups is 1. The minimum absolute atomic E-state index is 0.296. The third-order valence-electron chi connectivity index (χ3n) is 2.67. The van der Waals surface area contributed by atoms with Crippen molar-refractivity contribution in [2.45, 2.75) is 12.8 Å². The van der Waals surface area contributed by atoms with Gasteiger partial charge in [0.15, 0.2) is 0 Å². The fraction of sp³-hybridized carbons (Fsp3) is 0.455. The van der Waals surface area contributed by atoms with Crippen LogP contribution in [0.5, 0.6) is 11.5 Å². The lowest BCUT2D eigenvalue weighted by atomic mass is 9.97. The molecular weight excluding hydrogens is 178 g/mol. The van der Waals surface area contributed by atoms with Gasteiger partial charge < -0.3 is 15.6 Å². The maximum Gasteiger partial charge on any atom is 0.122 e. The van der Waals surface area contributed by atoms with Crippen molar-refractivity contribution in [1.82, 2.24) is 0 Å². The van der Waals surface area contributed by atoms with Crippen LogP contribution in [0.15, 0.2) is 18.2 Å². The zero-order chi connectivity index (χ0) is 9.97. The van der Waals surface area contributed by atoms with E-state index in [1.54, 1.807) is 12.1 Å². The molecule has 1 aliphatic heterocycles. The first-order valence-corrected chi connectivity index (χ1v) is 4.94. The molecule has 1 aliphatic rings. The number of nitrogens with two attached hydrogens (primary N) is 1. The average Bonchev–Trinajstić information content (AvgIpc) is 2.38. The molecule has 1 aromatic rings. The lowest BCUT2D eigenvalue weighted by molar-refractivity contribution is 0.296. The van der Waals surface area contributed by atoms with Crippen molar-refractivity contribution in [3.63, 3.8) is 0 Å². The molecule has 2 rings (SSSR count). The van der Waals surface area contributed by atoms with E-state index in [1.165, 1.54) is 0 Å². The molecular formula is C11H15NO2. The van der Waals surface area contributed by atoms with E-state index in [0.29, 0.717) is 18.2 Å². The molecule has 0 bridgehead atoms. The van der Waals surface area contributed by atoms with Gasteiger partial charge in [-0.3, -0.25) is 0 Å². The van der Waals surface area contributed by atoms with Gasteiger partial charge in [0.2, 0.25) is 0 Å². The Morgan fingerprint density at radius 2 is 2.36 bits per heavy atom. The Morgan fingerprint density at radius 1 is 1.50 bits per heavy atom. The van der Waals surface area contributed by atoms with Gasteiger partial charge in [-0.05, 0) is 49.1 Å². The topological polar surface area (TPSA) is 55.5 Å². The number of rotatable bonds is 1. The molecule has 0 saturated carbocycles. The molecule has 0 spiro atoms. The second-order valence-corrected chi connectivity index (χ2v) is 3.74. The third kappa shape index (κ3) is 1.82. The summed E-state index contributed by atoms with van der Waals surface area (Å²) in [7, 11) is 0. The number of phenols is 1. The molecule has 1 unspecified atom stereocenters. The highest BCUT2D eigenvalue weighted by molar-refractivity contribution is 5.40. The van der Waals surface area contributed by atoms with Gasteiger partial charge in [-0.1, -0.05) is 0 Å². The molecule has 0 fully saturated rings. The highest BCUT2D eigenvalue weighted by Gasteiger charge is 2.16. The average molecular weight is 193 g/mol. The predicted molar refractivity (Wildman–Crippen MR) is 54.5 cm³/mol. The number of ether oxygens (including phenoxy) is 1. The van der Waals surface area contributed by atoms with Gasteiger partial charge in [-0.2, -0.15) is 0 Å². The van der Waals surface area contributed by atoms with E-state index in [2.05, 4.69) is 0 Å². The molecule has 3 heteroatoms. The molecule has 76 valence electrons. The van der Waals surface area contributed by atoms with Crippen molar-refractivity contribution in [3.05, 3.63) is 23.8 Å². The summed E-state index contributed by atoms with van der Waals surface area (Å²) in [6, 6.07) is 5.24. The van der Waals surface area contributed by atoms with Crippen LogP contribution in [0.1, 0.15) is 12.0 Å². The summed E-state index contributed by atoms with van der Waals surface area (Å²) in [6.07, 6.45) is 1.90. The summed E-state index contributed by atoms with van der Waals surface area (Å²) in [5, 5.41) is 9.35. The van der Waals surface area contributed by atoms with Gasteiger partial charge in [0, 0.05) is 0 Å². The number of fused-ring (bicyclic) bond motifs is 1. The zero-order valence-corrected chi connectivity index (χ0v) is 8.07. The largest absolute Gasteiger partial charge is 0.508 e. The monoisotopic (exact) mass is 193 g/mol. The second-order valence-electron chi connectivity index (χ2n) is 3.74. The molecule has 3 nitrogen and oxygen atoms in total. The Balaban J connectivity index is 2.28. The molecule has 0 aromatic heterocycles. The summed E-state index contributed by atoms with van der Waals surface area (Å²) < 4.78 is 5.57. The van der Waals surface area contributed by atoms with Crippen LogP contribution in [0, 0.1) is 5.92 Å². The van der Waals surface area contributed by atoms with Gasteiger partial charge in [-0.25, -0.2) is 0 Å². The van der Waals surface area contributed by atoms with Crippen LogP contribution in [-0.4, -0.2) is 18.3 Å². The Kier molecular flexibility index (Phi) is 2.59. The molecule has 14 heavy (non-hydrogen) atoms. The van der Waals surface area contributed by atoms with Crippen LogP contribution >= 0.6 is 0 Å². The van der Waals surface area contributed by atoms with Crippen LogP contribution in [0.2, 0.25) is 0 Å². The molecule has 0 amide bonds. The lowest BCUT2D eigenvalue weighted by Crippen LogP contribution is -2.17.